The number of hydrogen-bond donors (Lipinski definition) is 1. The van der Waals surface area contributed by atoms with Crippen molar-refractivity contribution in [3.05, 3.63) is 59.8 Å². The highest BCUT2D eigenvalue weighted by molar-refractivity contribution is 5.97. The Bertz CT molecular complexity index is 1430. The van der Waals surface area contributed by atoms with Crippen molar-refractivity contribution in [3.8, 4) is 11.5 Å². The molecule has 13 heteroatoms. The van der Waals surface area contributed by atoms with Crippen LogP contribution in [-0.4, -0.2) is 74.7 Å². The molecule has 2 atom stereocenters. The van der Waals surface area contributed by atoms with Crippen LogP contribution in [0.3, 0.4) is 0 Å². The smallest absolute Gasteiger partial charge is 0.345 e. The SMILES string of the molecule is CN(C)C(=O)c1ccc2ccc(-c3nnc4ccc([C@@H](N5CCC(N)C5)C(F)(F)F)cn34)nc2c1.Cl.Cl. The van der Waals surface area contributed by atoms with Gasteiger partial charge in [0.15, 0.2) is 11.5 Å². The van der Waals surface area contributed by atoms with E-state index in [4.69, 9.17) is 5.73 Å². The average molecular weight is 556 g/mol. The van der Waals surface area contributed by atoms with Gasteiger partial charge in [0.25, 0.3) is 5.91 Å². The van der Waals surface area contributed by atoms with E-state index < -0.39 is 12.2 Å². The van der Waals surface area contributed by atoms with Crippen molar-refractivity contribution in [2.45, 2.75) is 24.7 Å². The molecule has 37 heavy (non-hydrogen) atoms. The molecule has 0 bridgehead atoms. The van der Waals surface area contributed by atoms with Gasteiger partial charge in [0.2, 0.25) is 0 Å². The summed E-state index contributed by atoms with van der Waals surface area (Å²) in [4.78, 5) is 19.8. The first kappa shape index (κ1) is 28.6. The number of amides is 1. The van der Waals surface area contributed by atoms with Gasteiger partial charge in [-0.3, -0.25) is 14.1 Å². The van der Waals surface area contributed by atoms with Gasteiger partial charge in [0.05, 0.1) is 5.52 Å². The van der Waals surface area contributed by atoms with Gasteiger partial charge >= 0.3 is 6.18 Å². The number of alkyl halides is 3. The van der Waals surface area contributed by atoms with Crippen LogP contribution in [0.4, 0.5) is 13.2 Å². The van der Waals surface area contributed by atoms with Crippen LogP contribution in [0.5, 0.6) is 0 Å². The molecule has 1 amide bonds. The predicted octanol–water partition coefficient (Wildman–Crippen LogP) is 4.13. The van der Waals surface area contributed by atoms with E-state index in [0.717, 1.165) is 5.39 Å². The van der Waals surface area contributed by atoms with E-state index in [1.54, 1.807) is 38.4 Å². The van der Waals surface area contributed by atoms with Crippen molar-refractivity contribution in [1.29, 1.82) is 0 Å². The second kappa shape index (κ2) is 10.8. The van der Waals surface area contributed by atoms with E-state index in [1.807, 2.05) is 6.07 Å². The van der Waals surface area contributed by atoms with E-state index in [-0.39, 0.29) is 55.4 Å². The molecule has 5 rings (SSSR count). The van der Waals surface area contributed by atoms with Crippen LogP contribution in [0.15, 0.2) is 48.7 Å². The molecule has 1 unspecified atom stereocenters. The Morgan fingerprint density at radius 3 is 2.49 bits per heavy atom. The Morgan fingerprint density at radius 1 is 1.11 bits per heavy atom. The summed E-state index contributed by atoms with van der Waals surface area (Å²) in [6.45, 7) is 0.454. The number of aromatic nitrogens is 4. The molecule has 0 radical (unpaired) electrons. The van der Waals surface area contributed by atoms with Gasteiger partial charge in [-0.15, -0.1) is 35.0 Å². The van der Waals surface area contributed by atoms with Crippen LogP contribution in [0.25, 0.3) is 28.1 Å². The lowest BCUT2D eigenvalue weighted by Crippen LogP contribution is -2.38. The summed E-state index contributed by atoms with van der Waals surface area (Å²) in [6, 6.07) is 9.68. The molecule has 1 aliphatic rings. The summed E-state index contributed by atoms with van der Waals surface area (Å²) >= 11 is 0. The zero-order valence-electron chi connectivity index (χ0n) is 20.0. The summed E-state index contributed by atoms with van der Waals surface area (Å²) in [5, 5.41) is 9.12. The van der Waals surface area contributed by atoms with Gasteiger partial charge in [-0.1, -0.05) is 18.2 Å². The third-order valence-corrected chi connectivity index (χ3v) is 6.25. The number of likely N-dealkylation sites (tertiary alicyclic amines) is 1. The Morgan fingerprint density at radius 2 is 1.84 bits per heavy atom. The van der Waals surface area contributed by atoms with Crippen molar-refractivity contribution in [2.24, 2.45) is 5.73 Å². The summed E-state index contributed by atoms with van der Waals surface area (Å²) in [5.41, 5.74) is 7.86. The molecule has 4 aromatic rings. The van der Waals surface area contributed by atoms with Gasteiger partial charge in [0.1, 0.15) is 11.7 Å². The number of carbonyl (C=O) groups is 1. The second-order valence-electron chi connectivity index (χ2n) is 9.01. The normalized spacial score (nSPS) is 16.9. The van der Waals surface area contributed by atoms with E-state index in [2.05, 4.69) is 15.2 Å². The van der Waals surface area contributed by atoms with E-state index in [1.165, 1.54) is 32.5 Å². The zero-order valence-corrected chi connectivity index (χ0v) is 21.6. The van der Waals surface area contributed by atoms with Gasteiger partial charge in [-0.25, -0.2) is 4.98 Å². The van der Waals surface area contributed by atoms with E-state index >= 15 is 0 Å². The number of hydrogen-bond acceptors (Lipinski definition) is 6. The number of rotatable bonds is 4. The van der Waals surface area contributed by atoms with Crippen LogP contribution in [0.2, 0.25) is 0 Å². The standard InChI is InChI=1S/C24H24F3N7O.2ClH/c1-32(2)23(35)15-4-3-14-5-7-18(29-19(14)11-15)22-31-30-20-8-6-16(12-34(20)22)21(24(25,26)27)33-10-9-17(28)13-33;;/h3-8,11-12,17,21H,9-10,13,28H2,1-2H3;2*1H/t17?,21-;;/m1../s1. The Hall–Kier alpha value is -2.99. The van der Waals surface area contributed by atoms with Crippen molar-refractivity contribution in [3.63, 3.8) is 0 Å². The summed E-state index contributed by atoms with van der Waals surface area (Å²) in [5.74, 6) is 0.156. The molecular weight excluding hydrogens is 530 g/mol. The minimum Gasteiger partial charge on any atom is -0.345 e. The second-order valence-corrected chi connectivity index (χ2v) is 9.01. The molecule has 2 N–H and O–H groups in total. The molecule has 1 aliphatic heterocycles. The molecule has 0 spiro atoms. The topological polar surface area (TPSA) is 92.7 Å². The first-order chi connectivity index (χ1) is 16.6. The molecule has 198 valence electrons. The molecule has 0 aliphatic carbocycles. The molecule has 8 nitrogen and oxygen atoms in total. The van der Waals surface area contributed by atoms with E-state index in [9.17, 15) is 18.0 Å². The number of halogens is 5. The summed E-state index contributed by atoms with van der Waals surface area (Å²) < 4.78 is 43.8. The highest BCUT2D eigenvalue weighted by atomic mass is 35.5. The Kier molecular flexibility index (Phi) is 8.33. The lowest BCUT2D eigenvalue weighted by Gasteiger charge is -2.30. The van der Waals surface area contributed by atoms with Crippen molar-refractivity contribution >= 4 is 47.3 Å². The first-order valence-electron chi connectivity index (χ1n) is 11.2. The molecule has 4 heterocycles. The Labute approximate surface area is 223 Å². The third kappa shape index (κ3) is 5.49. The van der Waals surface area contributed by atoms with Crippen molar-refractivity contribution < 1.29 is 18.0 Å². The molecule has 1 aromatic carbocycles. The lowest BCUT2D eigenvalue weighted by atomic mass is 10.1. The molecule has 0 saturated carbocycles. The van der Waals surface area contributed by atoms with Crippen LogP contribution in [0, 0.1) is 0 Å². The first-order valence-corrected chi connectivity index (χ1v) is 11.2. The number of nitrogens with zero attached hydrogens (tertiary/aromatic N) is 6. The maximum atomic E-state index is 14.1. The molecule has 1 fully saturated rings. The monoisotopic (exact) mass is 555 g/mol. The van der Waals surface area contributed by atoms with Crippen LogP contribution in [-0.2, 0) is 0 Å². The number of carbonyl (C=O) groups excluding carboxylic acids is 1. The average Bonchev–Trinajstić information content (AvgIpc) is 3.42. The highest BCUT2D eigenvalue weighted by Gasteiger charge is 2.46. The fourth-order valence-corrected chi connectivity index (χ4v) is 4.53. The summed E-state index contributed by atoms with van der Waals surface area (Å²) in [7, 11) is 3.33. The largest absolute Gasteiger partial charge is 0.408 e. The predicted molar refractivity (Wildman–Crippen MR) is 139 cm³/mol. The minimum absolute atomic E-state index is 0. The quantitative estimate of drug-likeness (QED) is 0.407. The van der Waals surface area contributed by atoms with Gasteiger partial charge in [0, 0.05) is 50.4 Å². The van der Waals surface area contributed by atoms with Crippen LogP contribution >= 0.6 is 24.8 Å². The van der Waals surface area contributed by atoms with Crippen LogP contribution < -0.4 is 5.73 Å². The van der Waals surface area contributed by atoms with Gasteiger partial charge in [-0.2, -0.15) is 13.2 Å². The fraction of sp³-hybridized carbons (Fsp3) is 0.333. The minimum atomic E-state index is -4.47. The third-order valence-electron chi connectivity index (χ3n) is 6.25. The number of fused-ring (bicyclic) bond motifs is 2. The van der Waals surface area contributed by atoms with E-state index in [0.29, 0.717) is 34.7 Å². The molecule has 3 aromatic heterocycles. The van der Waals surface area contributed by atoms with Gasteiger partial charge in [-0.05, 0) is 36.2 Å². The zero-order chi connectivity index (χ0) is 24.9. The number of benzene rings is 1. The summed E-state index contributed by atoms with van der Waals surface area (Å²) in [6.07, 6.45) is -2.53. The fourth-order valence-electron chi connectivity index (χ4n) is 4.53. The molecule has 1 saturated heterocycles. The lowest BCUT2D eigenvalue weighted by molar-refractivity contribution is -0.183. The van der Waals surface area contributed by atoms with Crippen molar-refractivity contribution in [2.75, 3.05) is 27.2 Å². The Balaban J connectivity index is 0.00000190. The number of nitrogens with two attached hydrogens (primary N) is 1. The number of pyridine rings is 2. The van der Waals surface area contributed by atoms with Crippen LogP contribution in [0.1, 0.15) is 28.4 Å². The van der Waals surface area contributed by atoms with Gasteiger partial charge < -0.3 is 10.6 Å². The maximum absolute atomic E-state index is 14.1. The maximum Gasteiger partial charge on any atom is 0.408 e. The highest BCUT2D eigenvalue weighted by Crippen LogP contribution is 2.39. The molecular formula is C24H26Cl2F3N7O. The van der Waals surface area contributed by atoms with Crippen molar-refractivity contribution in [1.82, 2.24) is 29.4 Å².